The molecule has 17 heavy (non-hydrogen) atoms. The van der Waals surface area contributed by atoms with Crippen LogP contribution in [0.4, 0.5) is 17.3 Å². The minimum Gasteiger partial charge on any atom is -0.457 e. The number of pyridine rings is 1. The van der Waals surface area contributed by atoms with Crippen LogP contribution in [0, 0.1) is 0 Å². The minimum absolute atomic E-state index is 0.0966. The summed E-state index contributed by atoms with van der Waals surface area (Å²) in [6.07, 6.45) is 1.65. The maximum absolute atomic E-state index is 9.75. The lowest BCUT2D eigenvalue weighted by Gasteiger charge is -2.05. The molecular formula is C8H13BF4N2O2. The Morgan fingerprint density at radius 2 is 1.82 bits per heavy atom. The third kappa shape index (κ3) is 10.8. The lowest BCUT2D eigenvalue weighted by molar-refractivity contribution is -0.896. The summed E-state index contributed by atoms with van der Waals surface area (Å²) in [6, 6.07) is 5.09. The van der Waals surface area contributed by atoms with Gasteiger partial charge in [0.05, 0.1) is 6.07 Å². The molecule has 0 aliphatic heterocycles. The quantitative estimate of drug-likeness (QED) is 0.378. The van der Waals surface area contributed by atoms with E-state index in [-0.39, 0.29) is 5.88 Å². The van der Waals surface area contributed by atoms with E-state index in [4.69, 9.17) is 4.84 Å². The van der Waals surface area contributed by atoms with Crippen LogP contribution in [0.1, 0.15) is 0 Å². The minimum atomic E-state index is -6.00. The highest BCUT2D eigenvalue weighted by Gasteiger charge is 2.20. The van der Waals surface area contributed by atoms with E-state index < -0.39 is 7.25 Å². The predicted molar refractivity (Wildman–Crippen MR) is 53.6 cm³/mol. The first-order valence-corrected chi connectivity index (χ1v) is 4.55. The maximum atomic E-state index is 9.75. The van der Waals surface area contributed by atoms with Gasteiger partial charge in [-0.1, -0.05) is 0 Å². The van der Waals surface area contributed by atoms with Gasteiger partial charge in [-0.2, -0.15) is 0 Å². The lowest BCUT2D eigenvalue weighted by Crippen LogP contribution is -2.45. The van der Waals surface area contributed by atoms with Crippen LogP contribution in [0.15, 0.2) is 24.4 Å². The molecule has 9 heteroatoms. The van der Waals surface area contributed by atoms with Crippen LogP contribution in [0.3, 0.4) is 0 Å². The second-order valence-corrected chi connectivity index (χ2v) is 3.22. The van der Waals surface area contributed by atoms with Gasteiger partial charge >= 0.3 is 13.1 Å². The normalized spacial score (nSPS) is 10.8. The van der Waals surface area contributed by atoms with E-state index in [2.05, 4.69) is 0 Å². The summed E-state index contributed by atoms with van der Waals surface area (Å²) in [5.41, 5.74) is 0. The van der Waals surface area contributed by atoms with Crippen LogP contribution in [0.25, 0.3) is 0 Å². The highest BCUT2D eigenvalue weighted by Crippen LogP contribution is 2.06. The van der Waals surface area contributed by atoms with E-state index in [1.54, 1.807) is 24.4 Å². The zero-order valence-electron chi connectivity index (χ0n) is 9.36. The molecule has 0 spiro atoms. The Bertz CT molecular complexity index is 330. The predicted octanol–water partition coefficient (Wildman–Crippen LogP) is 0.927. The largest absolute Gasteiger partial charge is 0.673 e. The molecule has 0 aliphatic rings. The number of nitrogens with zero attached hydrogens (tertiary/aromatic N) is 2. The number of aromatic hydroxyl groups is 1. The van der Waals surface area contributed by atoms with Gasteiger partial charge in [-0.15, -0.1) is 0 Å². The molecule has 0 aliphatic carbocycles. The molecule has 98 valence electrons. The molecule has 0 bridgehead atoms. The first-order chi connectivity index (χ1) is 7.70. The molecule has 0 amide bonds. The highest BCUT2D eigenvalue weighted by molar-refractivity contribution is 6.50. The average Bonchev–Trinajstić information content (AvgIpc) is 2.13. The second-order valence-electron chi connectivity index (χ2n) is 3.22. The first-order valence-electron chi connectivity index (χ1n) is 4.55. The number of hydrogen-bond acceptors (Lipinski definition) is 3. The topological polar surface area (TPSA) is 36.6 Å². The van der Waals surface area contributed by atoms with Crippen molar-refractivity contribution in [3.05, 3.63) is 24.4 Å². The van der Waals surface area contributed by atoms with Gasteiger partial charge in [0, 0.05) is 10.8 Å². The van der Waals surface area contributed by atoms with E-state index in [1.165, 1.54) is 4.73 Å². The van der Waals surface area contributed by atoms with Crippen LogP contribution in [-0.2, 0) is 0 Å². The molecule has 0 fully saturated rings. The number of rotatable bonds is 3. The van der Waals surface area contributed by atoms with E-state index in [0.29, 0.717) is 6.73 Å². The fourth-order valence-electron chi connectivity index (χ4n) is 0.706. The van der Waals surface area contributed by atoms with Crippen LogP contribution >= 0.6 is 0 Å². The zero-order valence-corrected chi connectivity index (χ0v) is 9.36. The Morgan fingerprint density at radius 1 is 1.29 bits per heavy atom. The lowest BCUT2D eigenvalue weighted by atomic mass is 10.3. The summed E-state index contributed by atoms with van der Waals surface area (Å²) in [5.74, 6) is 0.0966. The summed E-state index contributed by atoms with van der Waals surface area (Å²) in [6.45, 7) is 0.433. The Kier molecular flexibility index (Phi) is 6.33. The summed E-state index contributed by atoms with van der Waals surface area (Å²) in [5, 5.41) is 9.24. The fraction of sp³-hybridized carbons (Fsp3) is 0.375. The molecule has 0 radical (unpaired) electrons. The Balaban J connectivity index is 0.000000437. The van der Waals surface area contributed by atoms with Crippen LogP contribution in [0.2, 0.25) is 0 Å². The molecule has 1 rings (SSSR count). The van der Waals surface area contributed by atoms with Crippen molar-refractivity contribution in [1.29, 1.82) is 0 Å². The summed E-state index contributed by atoms with van der Waals surface area (Å²) >= 11 is 0. The first kappa shape index (κ1) is 15.5. The molecule has 0 atom stereocenters. The standard InChI is InChI=1S/C8H12N2O2.BF4/c1-9(2)7-12-10-6-4-3-5-8(10)11;2-1(3,4)5/h3-6H,7H2,1-2H3;/q;-1/p+1. The van der Waals surface area contributed by atoms with Crippen LogP contribution in [-0.4, -0.2) is 38.1 Å². The molecule has 4 nitrogen and oxygen atoms in total. The van der Waals surface area contributed by atoms with Crippen molar-refractivity contribution in [2.45, 2.75) is 0 Å². The third-order valence-electron chi connectivity index (χ3n) is 1.26. The molecule has 1 N–H and O–H groups in total. The van der Waals surface area contributed by atoms with Gasteiger partial charge < -0.3 is 22.4 Å². The fourth-order valence-corrected chi connectivity index (χ4v) is 0.706. The van der Waals surface area contributed by atoms with Crippen molar-refractivity contribution in [1.82, 2.24) is 4.90 Å². The van der Waals surface area contributed by atoms with Gasteiger partial charge in [-0.25, -0.2) is 0 Å². The van der Waals surface area contributed by atoms with Crippen molar-refractivity contribution in [3.8, 4) is 5.88 Å². The zero-order chi connectivity index (χ0) is 13.5. The SMILES string of the molecule is CN(C)CO[n+]1ccccc1O.F[B-](F)(F)F. The van der Waals surface area contributed by atoms with Gasteiger partial charge in [-0.05, 0) is 20.2 Å². The molecular weight excluding hydrogens is 243 g/mol. The maximum Gasteiger partial charge on any atom is 0.673 e. The van der Waals surface area contributed by atoms with Crippen molar-refractivity contribution in [3.63, 3.8) is 0 Å². The van der Waals surface area contributed by atoms with Crippen LogP contribution < -0.4 is 9.57 Å². The summed E-state index contributed by atoms with van der Waals surface area (Å²) < 4.78 is 40.3. The average molecular weight is 256 g/mol. The highest BCUT2D eigenvalue weighted by atomic mass is 19.5. The van der Waals surface area contributed by atoms with Crippen molar-refractivity contribution >= 4 is 7.25 Å². The van der Waals surface area contributed by atoms with E-state index in [0.717, 1.165) is 0 Å². The van der Waals surface area contributed by atoms with Gasteiger partial charge in [0.25, 0.3) is 0 Å². The van der Waals surface area contributed by atoms with Gasteiger partial charge in [0.2, 0.25) is 12.9 Å². The summed E-state index contributed by atoms with van der Waals surface area (Å²) in [7, 11) is -2.22. The van der Waals surface area contributed by atoms with E-state index in [9.17, 15) is 22.4 Å². The van der Waals surface area contributed by atoms with E-state index in [1.807, 2.05) is 19.0 Å². The van der Waals surface area contributed by atoms with Crippen molar-refractivity contribution in [2.24, 2.45) is 0 Å². The monoisotopic (exact) mass is 256 g/mol. The Morgan fingerprint density at radius 3 is 2.24 bits per heavy atom. The molecule has 0 unspecified atom stereocenters. The van der Waals surface area contributed by atoms with Crippen LogP contribution in [0.5, 0.6) is 5.88 Å². The molecule has 1 aromatic rings. The number of hydrogen-bond donors (Lipinski definition) is 1. The molecule has 0 aromatic carbocycles. The molecule has 1 aromatic heterocycles. The molecule has 0 saturated carbocycles. The third-order valence-corrected chi connectivity index (χ3v) is 1.26. The number of halogens is 4. The van der Waals surface area contributed by atoms with Crippen molar-refractivity contribution < 1.29 is 31.9 Å². The van der Waals surface area contributed by atoms with Gasteiger partial charge in [0.15, 0.2) is 0 Å². The van der Waals surface area contributed by atoms with Crippen molar-refractivity contribution in [2.75, 3.05) is 20.8 Å². The van der Waals surface area contributed by atoms with E-state index >= 15 is 0 Å². The second kappa shape index (κ2) is 6.95. The summed E-state index contributed by atoms with van der Waals surface area (Å²) in [4.78, 5) is 7.05. The smallest absolute Gasteiger partial charge is 0.457 e. The Labute approximate surface area is 96.1 Å². The molecule has 1 heterocycles. The Hall–Kier alpha value is -1.51. The molecule has 0 saturated heterocycles. The van der Waals surface area contributed by atoms with Gasteiger partial charge in [0.1, 0.15) is 0 Å². The van der Waals surface area contributed by atoms with Gasteiger partial charge in [-0.3, -0.25) is 9.74 Å². The number of aromatic nitrogens is 1.